The van der Waals surface area contributed by atoms with E-state index in [0.717, 1.165) is 19.3 Å². The highest BCUT2D eigenvalue weighted by molar-refractivity contribution is 6.18. The van der Waals surface area contributed by atoms with Gasteiger partial charge in [-0.3, -0.25) is 4.79 Å². The van der Waals surface area contributed by atoms with Gasteiger partial charge in [0.25, 0.3) is 0 Å². The molecule has 2 nitrogen and oxygen atoms in total. The zero-order chi connectivity index (χ0) is 12.1. The Morgan fingerprint density at radius 3 is 2.35 bits per heavy atom. The van der Waals surface area contributed by atoms with Crippen molar-refractivity contribution in [3.63, 3.8) is 0 Å². The monoisotopic (exact) mass is 257 g/mol. The molecule has 1 N–H and O–H groups in total. The van der Waals surface area contributed by atoms with E-state index in [1.54, 1.807) is 0 Å². The fourth-order valence-electron chi connectivity index (χ4n) is 3.34. The van der Waals surface area contributed by atoms with Crippen LogP contribution >= 0.6 is 11.6 Å². The largest absolute Gasteiger partial charge is 0.349 e. The molecule has 1 amide bonds. The van der Waals surface area contributed by atoms with Crippen LogP contribution in [0.3, 0.4) is 0 Å². The fourth-order valence-corrected chi connectivity index (χ4v) is 3.68. The van der Waals surface area contributed by atoms with E-state index in [0.29, 0.717) is 11.8 Å². The molecule has 0 aromatic carbocycles. The van der Waals surface area contributed by atoms with Crippen LogP contribution < -0.4 is 5.32 Å². The van der Waals surface area contributed by atoms with Crippen molar-refractivity contribution in [2.75, 3.05) is 5.88 Å². The van der Waals surface area contributed by atoms with Gasteiger partial charge in [0.1, 0.15) is 0 Å². The third kappa shape index (κ3) is 3.61. The van der Waals surface area contributed by atoms with Crippen LogP contribution in [0.15, 0.2) is 0 Å². The van der Waals surface area contributed by atoms with Crippen molar-refractivity contribution in [1.29, 1.82) is 0 Å². The molecular formula is C14H24ClNO. The molecule has 3 heteroatoms. The minimum Gasteiger partial charge on any atom is -0.349 e. The van der Waals surface area contributed by atoms with Crippen LogP contribution in [0.2, 0.25) is 0 Å². The van der Waals surface area contributed by atoms with Crippen molar-refractivity contribution in [2.45, 2.75) is 69.7 Å². The summed E-state index contributed by atoms with van der Waals surface area (Å²) in [6, 6.07) is 0. The maximum Gasteiger partial charge on any atom is 0.220 e. The van der Waals surface area contributed by atoms with Gasteiger partial charge in [0.2, 0.25) is 5.91 Å². The molecule has 0 bridgehead atoms. The first-order valence-electron chi connectivity index (χ1n) is 7.11. The van der Waals surface area contributed by atoms with Crippen molar-refractivity contribution in [3.8, 4) is 0 Å². The predicted molar refractivity (Wildman–Crippen MR) is 71.3 cm³/mol. The van der Waals surface area contributed by atoms with E-state index < -0.39 is 0 Å². The molecule has 2 fully saturated rings. The van der Waals surface area contributed by atoms with Crippen LogP contribution in [0, 0.1) is 5.92 Å². The minimum atomic E-state index is -0.0761. The molecule has 0 aliphatic heterocycles. The Bertz CT molecular complexity index is 255. The molecule has 0 radical (unpaired) electrons. The number of hydrogen-bond acceptors (Lipinski definition) is 1. The summed E-state index contributed by atoms with van der Waals surface area (Å²) < 4.78 is 0. The van der Waals surface area contributed by atoms with E-state index in [-0.39, 0.29) is 11.4 Å². The molecule has 2 saturated carbocycles. The summed E-state index contributed by atoms with van der Waals surface area (Å²) in [6.07, 6.45) is 11.7. The van der Waals surface area contributed by atoms with Gasteiger partial charge in [-0.2, -0.15) is 0 Å². The van der Waals surface area contributed by atoms with Crippen LogP contribution in [-0.2, 0) is 4.79 Å². The van der Waals surface area contributed by atoms with Gasteiger partial charge < -0.3 is 5.32 Å². The average molecular weight is 258 g/mol. The maximum absolute atomic E-state index is 12.1. The van der Waals surface area contributed by atoms with E-state index in [1.165, 1.54) is 44.9 Å². The molecule has 0 heterocycles. The van der Waals surface area contributed by atoms with Gasteiger partial charge in [0.15, 0.2) is 0 Å². The van der Waals surface area contributed by atoms with Gasteiger partial charge in [-0.15, -0.1) is 11.6 Å². The summed E-state index contributed by atoms with van der Waals surface area (Å²) >= 11 is 6.04. The van der Waals surface area contributed by atoms with E-state index in [9.17, 15) is 4.79 Å². The number of alkyl halides is 1. The summed E-state index contributed by atoms with van der Waals surface area (Å²) in [5.74, 6) is 1.43. The standard InChI is InChI=1S/C14H24ClNO/c15-11-14(8-4-5-9-14)16-13(17)10-12-6-2-1-3-7-12/h12H,1-11H2,(H,16,17). The predicted octanol–water partition coefficient (Wildman–Crippen LogP) is 3.62. The first-order valence-corrected chi connectivity index (χ1v) is 7.64. The molecule has 2 aliphatic rings. The van der Waals surface area contributed by atoms with Gasteiger partial charge in [-0.1, -0.05) is 32.1 Å². The Hall–Kier alpha value is -0.240. The van der Waals surface area contributed by atoms with Crippen molar-refractivity contribution in [2.24, 2.45) is 5.92 Å². The number of nitrogens with one attached hydrogen (secondary N) is 1. The lowest BCUT2D eigenvalue weighted by atomic mass is 9.86. The number of rotatable bonds is 4. The first-order chi connectivity index (χ1) is 8.24. The fraction of sp³-hybridized carbons (Fsp3) is 0.929. The van der Waals surface area contributed by atoms with Crippen LogP contribution in [0.4, 0.5) is 0 Å². The highest BCUT2D eigenvalue weighted by Crippen LogP contribution is 2.32. The Morgan fingerprint density at radius 1 is 1.12 bits per heavy atom. The second kappa shape index (κ2) is 6.08. The Labute approximate surface area is 109 Å². The number of hydrogen-bond donors (Lipinski definition) is 1. The third-order valence-corrected chi connectivity index (χ3v) is 4.93. The SMILES string of the molecule is O=C(CC1CCCCC1)NC1(CCl)CCCC1. The molecule has 2 aliphatic carbocycles. The van der Waals surface area contributed by atoms with Crippen molar-refractivity contribution in [3.05, 3.63) is 0 Å². The normalized spacial score (nSPS) is 24.8. The van der Waals surface area contributed by atoms with Gasteiger partial charge in [0, 0.05) is 12.3 Å². The van der Waals surface area contributed by atoms with Crippen LogP contribution in [0.5, 0.6) is 0 Å². The Morgan fingerprint density at radius 2 is 1.76 bits per heavy atom. The molecule has 2 rings (SSSR count). The summed E-state index contributed by atoms with van der Waals surface area (Å²) in [5.41, 5.74) is -0.0761. The number of carbonyl (C=O) groups is 1. The zero-order valence-corrected chi connectivity index (χ0v) is 11.4. The highest BCUT2D eigenvalue weighted by atomic mass is 35.5. The zero-order valence-electron chi connectivity index (χ0n) is 10.6. The topological polar surface area (TPSA) is 29.1 Å². The quantitative estimate of drug-likeness (QED) is 0.766. The number of carbonyl (C=O) groups excluding carboxylic acids is 1. The lowest BCUT2D eigenvalue weighted by Gasteiger charge is -2.29. The molecular weight excluding hydrogens is 234 g/mol. The molecule has 0 saturated heterocycles. The smallest absolute Gasteiger partial charge is 0.220 e. The van der Waals surface area contributed by atoms with Crippen molar-refractivity contribution in [1.82, 2.24) is 5.32 Å². The molecule has 0 aromatic heterocycles. The minimum absolute atomic E-state index is 0.0761. The molecule has 0 spiro atoms. The van der Waals surface area contributed by atoms with Crippen LogP contribution in [0.25, 0.3) is 0 Å². The average Bonchev–Trinajstić information content (AvgIpc) is 2.79. The van der Waals surface area contributed by atoms with E-state index in [1.807, 2.05) is 0 Å². The molecule has 17 heavy (non-hydrogen) atoms. The van der Waals surface area contributed by atoms with Crippen LogP contribution in [0.1, 0.15) is 64.2 Å². The summed E-state index contributed by atoms with van der Waals surface area (Å²) in [5, 5.41) is 3.22. The van der Waals surface area contributed by atoms with E-state index >= 15 is 0 Å². The van der Waals surface area contributed by atoms with E-state index in [2.05, 4.69) is 5.32 Å². The molecule has 0 aromatic rings. The van der Waals surface area contributed by atoms with Gasteiger partial charge >= 0.3 is 0 Å². The second-order valence-electron chi connectivity index (χ2n) is 5.88. The number of amides is 1. The van der Waals surface area contributed by atoms with Gasteiger partial charge in [-0.25, -0.2) is 0 Å². The summed E-state index contributed by atoms with van der Waals surface area (Å²) in [6.45, 7) is 0. The Balaban J connectivity index is 1.79. The molecule has 0 unspecified atom stereocenters. The highest BCUT2D eigenvalue weighted by Gasteiger charge is 2.34. The summed E-state index contributed by atoms with van der Waals surface area (Å²) in [7, 11) is 0. The lowest BCUT2D eigenvalue weighted by molar-refractivity contribution is -0.123. The second-order valence-corrected chi connectivity index (χ2v) is 6.14. The number of halogens is 1. The van der Waals surface area contributed by atoms with Crippen LogP contribution in [-0.4, -0.2) is 17.3 Å². The first kappa shape index (κ1) is 13.2. The molecule has 0 atom stereocenters. The maximum atomic E-state index is 12.1. The third-order valence-electron chi connectivity index (χ3n) is 4.42. The lowest BCUT2D eigenvalue weighted by Crippen LogP contribution is -2.48. The van der Waals surface area contributed by atoms with Gasteiger partial charge in [-0.05, 0) is 31.6 Å². The summed E-state index contributed by atoms with van der Waals surface area (Å²) in [4.78, 5) is 12.1. The van der Waals surface area contributed by atoms with E-state index in [4.69, 9.17) is 11.6 Å². The van der Waals surface area contributed by atoms with Gasteiger partial charge in [0.05, 0.1) is 5.54 Å². The van der Waals surface area contributed by atoms with Crippen molar-refractivity contribution < 1.29 is 4.79 Å². The van der Waals surface area contributed by atoms with Crippen molar-refractivity contribution >= 4 is 17.5 Å². The molecule has 98 valence electrons. The Kier molecular flexibility index (Phi) is 4.72.